The third kappa shape index (κ3) is 2.48. The van der Waals surface area contributed by atoms with Crippen molar-refractivity contribution in [3.63, 3.8) is 0 Å². The maximum atomic E-state index is 4.44. The molecule has 1 heteroatoms. The molecule has 0 unspecified atom stereocenters. The second-order valence-electron chi connectivity index (χ2n) is 4.43. The van der Waals surface area contributed by atoms with Crippen molar-refractivity contribution < 1.29 is 0 Å². The monoisotopic (exact) mass is 211 g/mol. The van der Waals surface area contributed by atoms with Crippen LogP contribution in [0, 0.1) is 20.8 Å². The first-order valence-corrected chi connectivity index (χ1v) is 5.63. The van der Waals surface area contributed by atoms with E-state index in [1.165, 1.54) is 22.3 Å². The lowest BCUT2D eigenvalue weighted by atomic mass is 10.0. The Labute approximate surface area is 97.2 Å². The van der Waals surface area contributed by atoms with Crippen LogP contribution >= 0.6 is 0 Å². The largest absolute Gasteiger partial charge is 0.261 e. The normalized spacial score (nSPS) is 10.4. The van der Waals surface area contributed by atoms with E-state index in [-0.39, 0.29) is 0 Å². The summed E-state index contributed by atoms with van der Waals surface area (Å²) in [6.45, 7) is 6.35. The number of hydrogen-bond acceptors (Lipinski definition) is 1. The molecule has 82 valence electrons. The maximum Gasteiger partial charge on any atom is 0.0447 e. The minimum Gasteiger partial charge on any atom is -0.261 e. The van der Waals surface area contributed by atoms with E-state index in [1.54, 1.807) is 0 Å². The fourth-order valence-corrected chi connectivity index (χ4v) is 1.79. The fourth-order valence-electron chi connectivity index (χ4n) is 1.79. The van der Waals surface area contributed by atoms with Gasteiger partial charge in [-0.15, -0.1) is 0 Å². The predicted octanol–water partition coefficient (Wildman–Crippen LogP) is 3.60. The standard InChI is InChI=1S/C15H17N/c1-11-4-6-13(3)14(8-11)9-15-7-5-12(2)10-16-15/h4-8,10H,9H2,1-3H3. The molecule has 0 saturated carbocycles. The highest BCUT2D eigenvalue weighted by molar-refractivity contribution is 5.33. The molecule has 0 aliphatic rings. The molecular formula is C15H17N. The number of pyridine rings is 1. The quantitative estimate of drug-likeness (QED) is 0.739. The Bertz CT molecular complexity index is 483. The lowest BCUT2D eigenvalue weighted by Crippen LogP contribution is -1.95. The highest BCUT2D eigenvalue weighted by Gasteiger charge is 2.01. The van der Waals surface area contributed by atoms with Gasteiger partial charge in [-0.2, -0.15) is 0 Å². The summed E-state index contributed by atoms with van der Waals surface area (Å²) in [6, 6.07) is 10.8. The lowest BCUT2D eigenvalue weighted by molar-refractivity contribution is 1.05. The Hall–Kier alpha value is -1.63. The summed E-state index contributed by atoms with van der Waals surface area (Å²) in [5.74, 6) is 0. The molecule has 1 aromatic heterocycles. The van der Waals surface area contributed by atoms with Crippen molar-refractivity contribution in [2.24, 2.45) is 0 Å². The Morgan fingerprint density at radius 2 is 1.69 bits per heavy atom. The highest BCUT2D eigenvalue weighted by Crippen LogP contribution is 2.14. The van der Waals surface area contributed by atoms with Gasteiger partial charge in [-0.1, -0.05) is 29.8 Å². The van der Waals surface area contributed by atoms with E-state index in [4.69, 9.17) is 0 Å². The number of rotatable bonds is 2. The smallest absolute Gasteiger partial charge is 0.0447 e. The maximum absolute atomic E-state index is 4.44. The lowest BCUT2D eigenvalue weighted by Gasteiger charge is -2.06. The molecule has 0 fully saturated rings. The molecule has 0 radical (unpaired) electrons. The summed E-state index contributed by atoms with van der Waals surface area (Å²) in [5.41, 5.74) is 6.38. The molecule has 0 amide bonds. The Morgan fingerprint density at radius 3 is 2.38 bits per heavy atom. The van der Waals surface area contributed by atoms with E-state index in [0.29, 0.717) is 0 Å². The van der Waals surface area contributed by atoms with Gasteiger partial charge >= 0.3 is 0 Å². The van der Waals surface area contributed by atoms with Gasteiger partial charge in [0.2, 0.25) is 0 Å². The van der Waals surface area contributed by atoms with Crippen molar-refractivity contribution in [2.45, 2.75) is 27.2 Å². The Morgan fingerprint density at radius 1 is 0.938 bits per heavy atom. The number of aromatic nitrogens is 1. The molecule has 1 heterocycles. The molecule has 0 spiro atoms. The molecule has 0 aliphatic carbocycles. The molecule has 0 aliphatic heterocycles. The van der Waals surface area contributed by atoms with Crippen LogP contribution in [0.25, 0.3) is 0 Å². The zero-order chi connectivity index (χ0) is 11.5. The van der Waals surface area contributed by atoms with Crippen LogP contribution in [0.15, 0.2) is 36.5 Å². The van der Waals surface area contributed by atoms with E-state index in [0.717, 1.165) is 12.1 Å². The summed E-state index contributed by atoms with van der Waals surface area (Å²) in [6.07, 6.45) is 2.86. The van der Waals surface area contributed by atoms with Crippen molar-refractivity contribution in [1.82, 2.24) is 4.98 Å². The first-order chi connectivity index (χ1) is 7.65. The highest BCUT2D eigenvalue weighted by atomic mass is 14.7. The summed E-state index contributed by atoms with van der Waals surface area (Å²) < 4.78 is 0. The second kappa shape index (κ2) is 4.48. The molecule has 2 rings (SSSR count). The molecular weight excluding hydrogens is 194 g/mol. The minimum absolute atomic E-state index is 0.924. The van der Waals surface area contributed by atoms with Gasteiger partial charge in [-0.05, 0) is 43.5 Å². The van der Waals surface area contributed by atoms with Crippen LogP contribution in [0.1, 0.15) is 27.9 Å². The third-order valence-corrected chi connectivity index (χ3v) is 2.85. The van der Waals surface area contributed by atoms with E-state index in [2.05, 4.69) is 56.1 Å². The van der Waals surface area contributed by atoms with Crippen LogP contribution in [0.4, 0.5) is 0 Å². The second-order valence-corrected chi connectivity index (χ2v) is 4.43. The van der Waals surface area contributed by atoms with E-state index < -0.39 is 0 Å². The number of hydrogen-bond donors (Lipinski definition) is 0. The van der Waals surface area contributed by atoms with Crippen LogP contribution in [-0.4, -0.2) is 4.98 Å². The van der Waals surface area contributed by atoms with Gasteiger partial charge in [0.15, 0.2) is 0 Å². The van der Waals surface area contributed by atoms with Gasteiger partial charge in [0.25, 0.3) is 0 Å². The van der Waals surface area contributed by atoms with E-state index in [9.17, 15) is 0 Å². The fraction of sp³-hybridized carbons (Fsp3) is 0.267. The first-order valence-electron chi connectivity index (χ1n) is 5.63. The van der Waals surface area contributed by atoms with Crippen LogP contribution in [0.2, 0.25) is 0 Å². The van der Waals surface area contributed by atoms with Crippen molar-refractivity contribution in [3.8, 4) is 0 Å². The van der Waals surface area contributed by atoms with E-state index in [1.807, 2.05) is 6.20 Å². The number of benzene rings is 1. The number of aryl methyl sites for hydroxylation is 3. The van der Waals surface area contributed by atoms with Gasteiger partial charge in [0.05, 0.1) is 0 Å². The molecule has 1 aromatic carbocycles. The van der Waals surface area contributed by atoms with Crippen LogP contribution < -0.4 is 0 Å². The molecule has 0 atom stereocenters. The van der Waals surface area contributed by atoms with Crippen LogP contribution in [0.5, 0.6) is 0 Å². The molecule has 1 nitrogen and oxygen atoms in total. The van der Waals surface area contributed by atoms with Crippen molar-refractivity contribution in [2.75, 3.05) is 0 Å². The van der Waals surface area contributed by atoms with Gasteiger partial charge in [0, 0.05) is 18.3 Å². The molecule has 16 heavy (non-hydrogen) atoms. The van der Waals surface area contributed by atoms with Crippen LogP contribution in [-0.2, 0) is 6.42 Å². The summed E-state index contributed by atoms with van der Waals surface area (Å²) in [5, 5.41) is 0. The van der Waals surface area contributed by atoms with Crippen LogP contribution in [0.3, 0.4) is 0 Å². The molecule has 0 N–H and O–H groups in total. The van der Waals surface area contributed by atoms with Gasteiger partial charge in [-0.25, -0.2) is 0 Å². The summed E-state index contributed by atoms with van der Waals surface area (Å²) in [7, 11) is 0. The van der Waals surface area contributed by atoms with Crippen molar-refractivity contribution >= 4 is 0 Å². The van der Waals surface area contributed by atoms with Gasteiger partial charge < -0.3 is 0 Å². The van der Waals surface area contributed by atoms with E-state index >= 15 is 0 Å². The van der Waals surface area contributed by atoms with Gasteiger partial charge in [-0.3, -0.25) is 4.98 Å². The van der Waals surface area contributed by atoms with Gasteiger partial charge in [0.1, 0.15) is 0 Å². The Balaban J connectivity index is 2.26. The zero-order valence-electron chi connectivity index (χ0n) is 10.1. The third-order valence-electron chi connectivity index (χ3n) is 2.85. The minimum atomic E-state index is 0.924. The SMILES string of the molecule is Cc1ccc(Cc2cc(C)ccc2C)nc1. The zero-order valence-corrected chi connectivity index (χ0v) is 10.1. The molecule has 0 bridgehead atoms. The van der Waals surface area contributed by atoms with Crippen molar-refractivity contribution in [1.29, 1.82) is 0 Å². The Kier molecular flexibility index (Phi) is 3.04. The number of nitrogens with zero attached hydrogens (tertiary/aromatic N) is 1. The molecule has 0 saturated heterocycles. The predicted molar refractivity (Wildman–Crippen MR) is 67.7 cm³/mol. The summed E-state index contributed by atoms with van der Waals surface area (Å²) >= 11 is 0. The van der Waals surface area contributed by atoms with Crippen molar-refractivity contribution in [3.05, 3.63) is 64.5 Å². The first kappa shape index (κ1) is 10.9. The topological polar surface area (TPSA) is 12.9 Å². The summed E-state index contributed by atoms with van der Waals surface area (Å²) in [4.78, 5) is 4.44. The molecule has 2 aromatic rings. The average Bonchev–Trinajstić information content (AvgIpc) is 2.27. The average molecular weight is 211 g/mol.